The van der Waals surface area contributed by atoms with Crippen molar-refractivity contribution in [1.29, 1.82) is 0 Å². The second-order valence-corrected chi connectivity index (χ2v) is 6.27. The van der Waals surface area contributed by atoms with Crippen LogP contribution in [-0.2, 0) is 16.1 Å². The molecular weight excluding hydrogens is 292 g/mol. The molecule has 23 heavy (non-hydrogen) atoms. The highest BCUT2D eigenvalue weighted by Crippen LogP contribution is 2.13. The fourth-order valence-corrected chi connectivity index (χ4v) is 2.84. The molecule has 0 spiro atoms. The summed E-state index contributed by atoms with van der Waals surface area (Å²) in [6.45, 7) is 4.61. The molecule has 1 fully saturated rings. The van der Waals surface area contributed by atoms with Crippen molar-refractivity contribution in [3.05, 3.63) is 35.9 Å². The van der Waals surface area contributed by atoms with E-state index in [0.29, 0.717) is 0 Å². The van der Waals surface area contributed by atoms with Gasteiger partial charge in [-0.1, -0.05) is 30.3 Å². The number of likely N-dealkylation sites (N-methyl/N-ethyl adjacent to an activating group) is 1. The zero-order valence-corrected chi connectivity index (χ0v) is 13.9. The van der Waals surface area contributed by atoms with Crippen LogP contribution in [0.1, 0.15) is 18.9 Å². The van der Waals surface area contributed by atoms with Gasteiger partial charge in [0.25, 0.3) is 0 Å². The Hall–Kier alpha value is -1.92. The molecule has 1 saturated heterocycles. The van der Waals surface area contributed by atoms with E-state index in [-0.39, 0.29) is 24.5 Å². The second kappa shape index (κ2) is 8.08. The summed E-state index contributed by atoms with van der Waals surface area (Å²) in [6.07, 6.45) is 0.949. The lowest BCUT2D eigenvalue weighted by molar-refractivity contribution is -0.127. The van der Waals surface area contributed by atoms with Crippen LogP contribution >= 0.6 is 0 Å². The van der Waals surface area contributed by atoms with E-state index in [9.17, 15) is 9.59 Å². The van der Waals surface area contributed by atoms with E-state index in [0.717, 1.165) is 26.1 Å². The number of primary amides is 1. The molecule has 6 heteroatoms. The van der Waals surface area contributed by atoms with E-state index in [1.54, 1.807) is 18.9 Å². The van der Waals surface area contributed by atoms with E-state index in [4.69, 9.17) is 5.73 Å². The Kier molecular flexibility index (Phi) is 6.12. The summed E-state index contributed by atoms with van der Waals surface area (Å²) in [6, 6.07) is 10.1. The molecule has 0 unspecified atom stereocenters. The van der Waals surface area contributed by atoms with Crippen molar-refractivity contribution in [3.8, 4) is 0 Å². The van der Waals surface area contributed by atoms with Crippen molar-refractivity contribution in [2.45, 2.75) is 32.0 Å². The Morgan fingerprint density at radius 2 is 2.09 bits per heavy atom. The SMILES string of the molecule is C[C@@H](C(=O)N[C@H]1CCN(Cc2ccccc2)C1)N(C)CC(N)=O. The van der Waals surface area contributed by atoms with Gasteiger partial charge in [0.05, 0.1) is 12.6 Å². The monoisotopic (exact) mass is 318 g/mol. The third-order valence-electron chi connectivity index (χ3n) is 4.31. The normalized spacial score (nSPS) is 19.7. The first-order valence-electron chi connectivity index (χ1n) is 8.01. The van der Waals surface area contributed by atoms with Crippen LogP contribution < -0.4 is 11.1 Å². The summed E-state index contributed by atoms with van der Waals surface area (Å²) in [5.41, 5.74) is 6.45. The first-order valence-corrected chi connectivity index (χ1v) is 8.01. The number of amides is 2. The van der Waals surface area contributed by atoms with Gasteiger partial charge in [-0.25, -0.2) is 0 Å². The zero-order chi connectivity index (χ0) is 16.8. The molecule has 2 atom stereocenters. The van der Waals surface area contributed by atoms with Crippen molar-refractivity contribution < 1.29 is 9.59 Å². The Bertz CT molecular complexity index is 535. The van der Waals surface area contributed by atoms with Crippen molar-refractivity contribution in [3.63, 3.8) is 0 Å². The number of hydrogen-bond donors (Lipinski definition) is 2. The topological polar surface area (TPSA) is 78.7 Å². The van der Waals surface area contributed by atoms with Gasteiger partial charge in [0.1, 0.15) is 0 Å². The van der Waals surface area contributed by atoms with E-state index in [2.05, 4.69) is 22.3 Å². The van der Waals surface area contributed by atoms with Gasteiger partial charge in [-0.3, -0.25) is 19.4 Å². The minimum atomic E-state index is -0.429. The molecule has 0 bridgehead atoms. The number of rotatable bonds is 7. The molecule has 6 nitrogen and oxygen atoms in total. The van der Waals surface area contributed by atoms with Gasteiger partial charge in [-0.05, 0) is 26.0 Å². The van der Waals surface area contributed by atoms with Crippen LogP contribution in [0.15, 0.2) is 30.3 Å². The number of nitrogens with two attached hydrogens (primary N) is 1. The first-order chi connectivity index (χ1) is 11.0. The molecule has 1 aromatic rings. The van der Waals surface area contributed by atoms with Crippen LogP contribution in [0.25, 0.3) is 0 Å². The minimum Gasteiger partial charge on any atom is -0.369 e. The standard InChI is InChI=1S/C17H26N4O2/c1-13(20(2)12-16(18)22)17(23)19-15-8-9-21(11-15)10-14-6-4-3-5-7-14/h3-7,13,15H,8-12H2,1-2H3,(H2,18,22)(H,19,23)/t13-,15-/m0/s1. The van der Waals surface area contributed by atoms with E-state index in [1.807, 2.05) is 18.2 Å². The molecule has 0 aliphatic carbocycles. The fourth-order valence-electron chi connectivity index (χ4n) is 2.84. The predicted octanol–water partition coefficient (Wildman–Crippen LogP) is 0.183. The summed E-state index contributed by atoms with van der Waals surface area (Å²) >= 11 is 0. The van der Waals surface area contributed by atoms with Gasteiger partial charge in [0, 0.05) is 25.7 Å². The van der Waals surface area contributed by atoms with E-state index < -0.39 is 5.91 Å². The Morgan fingerprint density at radius 3 is 2.74 bits per heavy atom. The van der Waals surface area contributed by atoms with Gasteiger partial charge in [-0.2, -0.15) is 0 Å². The summed E-state index contributed by atoms with van der Waals surface area (Å²) in [5.74, 6) is -0.484. The van der Waals surface area contributed by atoms with Crippen molar-refractivity contribution in [2.24, 2.45) is 5.73 Å². The molecule has 0 radical (unpaired) electrons. The average Bonchev–Trinajstić information content (AvgIpc) is 2.93. The lowest BCUT2D eigenvalue weighted by atomic mass is 10.2. The number of nitrogens with zero attached hydrogens (tertiary/aromatic N) is 2. The lowest BCUT2D eigenvalue weighted by Gasteiger charge is -2.24. The Morgan fingerprint density at radius 1 is 1.39 bits per heavy atom. The molecular formula is C17H26N4O2. The second-order valence-electron chi connectivity index (χ2n) is 6.27. The number of hydrogen-bond acceptors (Lipinski definition) is 4. The van der Waals surface area contributed by atoms with Crippen LogP contribution in [0, 0.1) is 0 Å². The minimum absolute atomic E-state index is 0.0553. The molecule has 2 rings (SSSR count). The molecule has 0 saturated carbocycles. The molecule has 1 heterocycles. The highest BCUT2D eigenvalue weighted by molar-refractivity contribution is 5.83. The molecule has 0 aromatic heterocycles. The zero-order valence-electron chi connectivity index (χ0n) is 13.9. The maximum absolute atomic E-state index is 12.3. The number of carbonyl (C=O) groups is 2. The number of carbonyl (C=O) groups excluding carboxylic acids is 2. The van der Waals surface area contributed by atoms with Gasteiger partial charge in [0.15, 0.2) is 0 Å². The molecule has 1 aliphatic heterocycles. The number of benzene rings is 1. The van der Waals surface area contributed by atoms with Crippen LogP contribution in [0.2, 0.25) is 0 Å². The smallest absolute Gasteiger partial charge is 0.237 e. The third-order valence-corrected chi connectivity index (χ3v) is 4.31. The summed E-state index contributed by atoms with van der Waals surface area (Å²) < 4.78 is 0. The summed E-state index contributed by atoms with van der Waals surface area (Å²) in [4.78, 5) is 27.2. The average molecular weight is 318 g/mol. The molecule has 1 aliphatic rings. The molecule has 3 N–H and O–H groups in total. The summed E-state index contributed by atoms with van der Waals surface area (Å²) in [5, 5.41) is 3.07. The van der Waals surface area contributed by atoms with Crippen LogP contribution in [0.3, 0.4) is 0 Å². The van der Waals surface area contributed by atoms with E-state index in [1.165, 1.54) is 5.56 Å². The van der Waals surface area contributed by atoms with Crippen LogP contribution in [0.4, 0.5) is 0 Å². The fraction of sp³-hybridized carbons (Fsp3) is 0.529. The molecule has 2 amide bonds. The lowest BCUT2D eigenvalue weighted by Crippen LogP contribution is -2.49. The highest BCUT2D eigenvalue weighted by Gasteiger charge is 2.27. The number of nitrogens with one attached hydrogen (secondary N) is 1. The van der Waals surface area contributed by atoms with Crippen LogP contribution in [0.5, 0.6) is 0 Å². The molecule has 126 valence electrons. The van der Waals surface area contributed by atoms with Gasteiger partial charge < -0.3 is 11.1 Å². The Labute approximate surface area is 137 Å². The highest BCUT2D eigenvalue weighted by atomic mass is 16.2. The van der Waals surface area contributed by atoms with Gasteiger partial charge in [0.2, 0.25) is 11.8 Å². The third kappa shape index (κ3) is 5.33. The largest absolute Gasteiger partial charge is 0.369 e. The van der Waals surface area contributed by atoms with E-state index >= 15 is 0 Å². The van der Waals surface area contributed by atoms with Crippen LogP contribution in [-0.4, -0.2) is 60.4 Å². The summed E-state index contributed by atoms with van der Waals surface area (Å²) in [7, 11) is 1.73. The number of likely N-dealkylation sites (tertiary alicyclic amines) is 1. The predicted molar refractivity (Wildman–Crippen MR) is 89.6 cm³/mol. The maximum Gasteiger partial charge on any atom is 0.237 e. The molecule has 1 aromatic carbocycles. The quantitative estimate of drug-likeness (QED) is 0.752. The maximum atomic E-state index is 12.3. The van der Waals surface area contributed by atoms with Crippen molar-refractivity contribution in [2.75, 3.05) is 26.7 Å². The Balaban J connectivity index is 1.78. The first kappa shape index (κ1) is 17.4. The van der Waals surface area contributed by atoms with Gasteiger partial charge in [-0.15, -0.1) is 0 Å². The van der Waals surface area contributed by atoms with Gasteiger partial charge >= 0.3 is 0 Å². The van der Waals surface area contributed by atoms with Crippen molar-refractivity contribution in [1.82, 2.24) is 15.1 Å². The van der Waals surface area contributed by atoms with Crippen molar-refractivity contribution >= 4 is 11.8 Å².